The molecule has 0 aromatic heterocycles. The number of carbonyl (C=O) groups excluding carboxylic acids is 1. The van der Waals surface area contributed by atoms with E-state index in [2.05, 4.69) is 15.8 Å². The SMILES string of the molecule is Cc1ccccc1NC(=O)N/N=C\c1ccc(OC(C)(C)C)cc1. The number of rotatable bonds is 4. The Bertz CT molecular complexity index is 716. The predicted molar refractivity (Wildman–Crippen MR) is 97.8 cm³/mol. The van der Waals surface area contributed by atoms with E-state index in [0.717, 1.165) is 22.6 Å². The number of ether oxygens (including phenoxy) is 1. The van der Waals surface area contributed by atoms with Gasteiger partial charge in [0.15, 0.2) is 0 Å². The summed E-state index contributed by atoms with van der Waals surface area (Å²) in [6.07, 6.45) is 1.58. The fraction of sp³-hybridized carbons (Fsp3) is 0.263. The summed E-state index contributed by atoms with van der Waals surface area (Å²) < 4.78 is 5.75. The molecule has 5 nitrogen and oxygen atoms in total. The number of carbonyl (C=O) groups is 1. The second-order valence-electron chi connectivity index (χ2n) is 6.42. The fourth-order valence-electron chi connectivity index (χ4n) is 2.00. The molecule has 5 heteroatoms. The van der Waals surface area contributed by atoms with Gasteiger partial charge in [0.25, 0.3) is 0 Å². The Morgan fingerprint density at radius 3 is 2.38 bits per heavy atom. The van der Waals surface area contributed by atoms with Crippen LogP contribution in [-0.2, 0) is 0 Å². The molecule has 2 aromatic carbocycles. The number of amides is 2. The van der Waals surface area contributed by atoms with Crippen LogP contribution in [0.15, 0.2) is 53.6 Å². The molecule has 0 saturated heterocycles. The van der Waals surface area contributed by atoms with Gasteiger partial charge in [-0.3, -0.25) is 0 Å². The maximum absolute atomic E-state index is 11.8. The highest BCUT2D eigenvalue weighted by Crippen LogP contribution is 2.18. The van der Waals surface area contributed by atoms with Crippen molar-refractivity contribution < 1.29 is 9.53 Å². The van der Waals surface area contributed by atoms with Gasteiger partial charge in [0.2, 0.25) is 0 Å². The van der Waals surface area contributed by atoms with Crippen molar-refractivity contribution in [3.8, 4) is 5.75 Å². The molecule has 2 aromatic rings. The summed E-state index contributed by atoms with van der Waals surface area (Å²) in [5.74, 6) is 0.796. The molecule has 2 rings (SSSR count). The number of hydrogen-bond acceptors (Lipinski definition) is 3. The fourth-order valence-corrected chi connectivity index (χ4v) is 2.00. The summed E-state index contributed by atoms with van der Waals surface area (Å²) in [7, 11) is 0. The third-order valence-corrected chi connectivity index (χ3v) is 3.08. The van der Waals surface area contributed by atoms with E-state index in [1.165, 1.54) is 0 Å². The lowest BCUT2D eigenvalue weighted by molar-refractivity contribution is 0.131. The molecule has 0 saturated carbocycles. The number of benzene rings is 2. The molecule has 0 heterocycles. The highest BCUT2D eigenvalue weighted by molar-refractivity contribution is 5.91. The van der Waals surface area contributed by atoms with Gasteiger partial charge >= 0.3 is 6.03 Å². The number of hydrazone groups is 1. The molecule has 126 valence electrons. The van der Waals surface area contributed by atoms with Crippen molar-refractivity contribution in [2.75, 3.05) is 5.32 Å². The molecule has 0 spiro atoms. The van der Waals surface area contributed by atoms with E-state index in [9.17, 15) is 4.79 Å². The van der Waals surface area contributed by atoms with E-state index in [-0.39, 0.29) is 11.6 Å². The lowest BCUT2D eigenvalue weighted by Crippen LogP contribution is -2.24. The van der Waals surface area contributed by atoms with Gasteiger partial charge < -0.3 is 10.1 Å². The molecule has 0 unspecified atom stereocenters. The van der Waals surface area contributed by atoms with Gasteiger partial charge in [-0.25, -0.2) is 10.2 Å². The Kier molecular flexibility index (Phi) is 5.58. The lowest BCUT2D eigenvalue weighted by atomic mass is 10.2. The van der Waals surface area contributed by atoms with Crippen LogP contribution in [0.5, 0.6) is 5.75 Å². The van der Waals surface area contributed by atoms with Crippen molar-refractivity contribution in [3.63, 3.8) is 0 Å². The van der Waals surface area contributed by atoms with E-state index in [1.807, 2.05) is 76.2 Å². The van der Waals surface area contributed by atoms with Crippen molar-refractivity contribution in [2.24, 2.45) is 5.10 Å². The van der Waals surface area contributed by atoms with Crippen LogP contribution in [0, 0.1) is 6.92 Å². The normalized spacial score (nSPS) is 11.3. The molecule has 0 fully saturated rings. The average molecular weight is 325 g/mol. The third-order valence-electron chi connectivity index (χ3n) is 3.08. The molecule has 2 amide bonds. The quantitative estimate of drug-likeness (QED) is 0.649. The summed E-state index contributed by atoms with van der Waals surface area (Å²) in [6.45, 7) is 7.93. The predicted octanol–water partition coefficient (Wildman–Crippen LogP) is 4.33. The summed E-state index contributed by atoms with van der Waals surface area (Å²) in [4.78, 5) is 11.8. The number of hydrogen-bond donors (Lipinski definition) is 2. The Morgan fingerprint density at radius 1 is 1.08 bits per heavy atom. The van der Waals surface area contributed by atoms with Crippen LogP contribution < -0.4 is 15.5 Å². The van der Waals surface area contributed by atoms with E-state index >= 15 is 0 Å². The highest BCUT2D eigenvalue weighted by atomic mass is 16.5. The van der Waals surface area contributed by atoms with Crippen LogP contribution in [0.2, 0.25) is 0 Å². The minimum atomic E-state index is -0.381. The first-order valence-electron chi connectivity index (χ1n) is 7.78. The van der Waals surface area contributed by atoms with E-state index < -0.39 is 0 Å². The zero-order valence-electron chi connectivity index (χ0n) is 14.5. The third kappa shape index (κ3) is 5.76. The Labute approximate surface area is 142 Å². The van der Waals surface area contributed by atoms with Crippen molar-refractivity contribution in [1.29, 1.82) is 0 Å². The number of nitrogens with one attached hydrogen (secondary N) is 2. The first-order chi connectivity index (χ1) is 11.3. The molecule has 0 radical (unpaired) electrons. The smallest absolute Gasteiger partial charge is 0.339 e. The van der Waals surface area contributed by atoms with Crippen molar-refractivity contribution in [2.45, 2.75) is 33.3 Å². The van der Waals surface area contributed by atoms with Gasteiger partial charge in [-0.05, 0) is 69.2 Å². The standard InChI is InChI=1S/C19H23N3O2/c1-14-7-5-6-8-17(14)21-18(23)22-20-13-15-9-11-16(12-10-15)24-19(2,3)4/h5-13H,1-4H3,(H2,21,22,23)/b20-13-. The van der Waals surface area contributed by atoms with Gasteiger partial charge in [0.1, 0.15) is 11.4 Å². The van der Waals surface area contributed by atoms with Gasteiger partial charge in [0.05, 0.1) is 6.21 Å². The van der Waals surface area contributed by atoms with Gasteiger partial charge in [-0.1, -0.05) is 18.2 Å². The summed E-state index contributed by atoms with van der Waals surface area (Å²) in [6, 6.07) is 14.7. The highest BCUT2D eigenvalue weighted by Gasteiger charge is 2.11. The van der Waals surface area contributed by atoms with Crippen molar-refractivity contribution in [3.05, 3.63) is 59.7 Å². The molecule has 2 N–H and O–H groups in total. The zero-order chi connectivity index (χ0) is 17.6. The minimum absolute atomic E-state index is 0.231. The van der Waals surface area contributed by atoms with Crippen LogP contribution in [0.1, 0.15) is 31.9 Å². The maximum Gasteiger partial charge on any atom is 0.339 e. The summed E-state index contributed by atoms with van der Waals surface area (Å²) in [5, 5.41) is 6.69. The number of anilines is 1. The summed E-state index contributed by atoms with van der Waals surface area (Å²) in [5.41, 5.74) is 4.83. The van der Waals surface area contributed by atoms with E-state index in [0.29, 0.717) is 0 Å². The van der Waals surface area contributed by atoms with Crippen LogP contribution in [0.3, 0.4) is 0 Å². The van der Waals surface area contributed by atoms with Crippen LogP contribution in [-0.4, -0.2) is 17.8 Å². The minimum Gasteiger partial charge on any atom is -0.488 e. The van der Waals surface area contributed by atoms with E-state index in [4.69, 9.17) is 4.74 Å². The molecule has 0 aliphatic heterocycles. The van der Waals surface area contributed by atoms with Gasteiger partial charge in [-0.2, -0.15) is 5.10 Å². The Morgan fingerprint density at radius 2 is 1.75 bits per heavy atom. The second-order valence-corrected chi connectivity index (χ2v) is 6.42. The molecule has 0 atom stereocenters. The second kappa shape index (κ2) is 7.64. The average Bonchev–Trinajstić information content (AvgIpc) is 2.50. The number of aryl methyl sites for hydroxylation is 1. The zero-order valence-corrected chi connectivity index (χ0v) is 14.5. The Balaban J connectivity index is 1.87. The first kappa shape index (κ1) is 17.5. The molecular weight excluding hydrogens is 302 g/mol. The number of urea groups is 1. The number of para-hydroxylation sites is 1. The molecular formula is C19H23N3O2. The first-order valence-corrected chi connectivity index (χ1v) is 7.78. The van der Waals surface area contributed by atoms with E-state index in [1.54, 1.807) is 6.21 Å². The van der Waals surface area contributed by atoms with Crippen LogP contribution >= 0.6 is 0 Å². The van der Waals surface area contributed by atoms with Crippen LogP contribution in [0.25, 0.3) is 0 Å². The molecule has 0 aliphatic carbocycles. The molecule has 0 bridgehead atoms. The molecule has 24 heavy (non-hydrogen) atoms. The topological polar surface area (TPSA) is 62.7 Å². The number of nitrogens with zero attached hydrogens (tertiary/aromatic N) is 1. The summed E-state index contributed by atoms with van der Waals surface area (Å²) >= 11 is 0. The van der Waals surface area contributed by atoms with Crippen molar-refractivity contribution in [1.82, 2.24) is 5.43 Å². The monoisotopic (exact) mass is 325 g/mol. The van der Waals surface area contributed by atoms with Crippen LogP contribution in [0.4, 0.5) is 10.5 Å². The maximum atomic E-state index is 11.8. The van der Waals surface area contributed by atoms with Gasteiger partial charge in [-0.15, -0.1) is 0 Å². The molecule has 0 aliphatic rings. The Hall–Kier alpha value is -2.82. The van der Waals surface area contributed by atoms with Crippen molar-refractivity contribution >= 4 is 17.9 Å². The lowest BCUT2D eigenvalue weighted by Gasteiger charge is -2.21. The largest absolute Gasteiger partial charge is 0.488 e. The van der Waals surface area contributed by atoms with Gasteiger partial charge in [0, 0.05) is 5.69 Å².